The van der Waals surface area contributed by atoms with Crippen LogP contribution in [0.2, 0.25) is 0 Å². The van der Waals surface area contributed by atoms with Gasteiger partial charge in [0.15, 0.2) is 0 Å². The quantitative estimate of drug-likeness (QED) is 0.468. The number of amides is 2. The second-order valence-corrected chi connectivity index (χ2v) is 5.20. The van der Waals surface area contributed by atoms with Crippen LogP contribution < -0.4 is 16.4 Å². The first-order valence-corrected chi connectivity index (χ1v) is 6.40. The van der Waals surface area contributed by atoms with E-state index in [0.29, 0.717) is 5.92 Å². The zero-order chi connectivity index (χ0) is 13.7. The molecule has 1 unspecified atom stereocenters. The minimum absolute atomic E-state index is 0.0322. The van der Waals surface area contributed by atoms with Gasteiger partial charge in [0.2, 0.25) is 11.8 Å². The lowest BCUT2D eigenvalue weighted by Crippen LogP contribution is -2.47. The Morgan fingerprint density at radius 2 is 1.94 bits per heavy atom. The molecule has 0 spiro atoms. The van der Waals surface area contributed by atoms with E-state index in [1.165, 1.54) is 0 Å². The number of carbonyl (C=O) groups is 2. The van der Waals surface area contributed by atoms with Crippen LogP contribution in [0, 0.1) is 11.8 Å². The second-order valence-electron chi connectivity index (χ2n) is 5.20. The SMILES string of the molecule is CC(C)[C@H](N)C(=O)NCC(=O)NCC(O)C1CC1. The van der Waals surface area contributed by atoms with Gasteiger partial charge in [0.1, 0.15) is 0 Å². The molecule has 0 aromatic rings. The molecule has 18 heavy (non-hydrogen) atoms. The second kappa shape index (κ2) is 6.70. The molecule has 0 radical (unpaired) electrons. The Hall–Kier alpha value is -1.14. The van der Waals surface area contributed by atoms with E-state index in [0.717, 1.165) is 12.8 Å². The molecule has 2 atom stereocenters. The van der Waals surface area contributed by atoms with E-state index in [1.807, 2.05) is 13.8 Å². The highest BCUT2D eigenvalue weighted by atomic mass is 16.3. The number of rotatable bonds is 7. The van der Waals surface area contributed by atoms with Crippen molar-refractivity contribution in [3.8, 4) is 0 Å². The molecule has 5 N–H and O–H groups in total. The lowest BCUT2D eigenvalue weighted by molar-refractivity contribution is -0.127. The largest absolute Gasteiger partial charge is 0.391 e. The van der Waals surface area contributed by atoms with Crippen LogP contribution in [-0.4, -0.2) is 42.2 Å². The highest BCUT2D eigenvalue weighted by Crippen LogP contribution is 2.32. The zero-order valence-corrected chi connectivity index (χ0v) is 11.0. The third-order valence-corrected chi connectivity index (χ3v) is 3.12. The molecular weight excluding hydrogens is 234 g/mol. The summed E-state index contributed by atoms with van der Waals surface area (Å²) in [6.07, 6.45) is 1.58. The van der Waals surface area contributed by atoms with Crippen LogP contribution in [0.5, 0.6) is 0 Å². The van der Waals surface area contributed by atoms with E-state index >= 15 is 0 Å². The molecule has 1 fully saturated rings. The van der Waals surface area contributed by atoms with E-state index in [1.54, 1.807) is 0 Å². The summed E-state index contributed by atoms with van der Waals surface area (Å²) in [4.78, 5) is 22.9. The van der Waals surface area contributed by atoms with Gasteiger partial charge in [-0.2, -0.15) is 0 Å². The van der Waals surface area contributed by atoms with Gasteiger partial charge < -0.3 is 21.5 Å². The average Bonchev–Trinajstić information content (AvgIpc) is 3.15. The molecular formula is C12H23N3O3. The fourth-order valence-electron chi connectivity index (χ4n) is 1.52. The Balaban J connectivity index is 2.14. The van der Waals surface area contributed by atoms with Crippen molar-refractivity contribution < 1.29 is 14.7 Å². The van der Waals surface area contributed by atoms with Crippen LogP contribution in [0.1, 0.15) is 26.7 Å². The third-order valence-electron chi connectivity index (χ3n) is 3.12. The Morgan fingerprint density at radius 1 is 1.33 bits per heavy atom. The van der Waals surface area contributed by atoms with Crippen molar-refractivity contribution in [2.24, 2.45) is 17.6 Å². The molecule has 0 aromatic carbocycles. The van der Waals surface area contributed by atoms with Gasteiger partial charge in [0, 0.05) is 6.54 Å². The molecule has 104 valence electrons. The molecule has 0 aromatic heterocycles. The van der Waals surface area contributed by atoms with Crippen LogP contribution in [0.15, 0.2) is 0 Å². The Morgan fingerprint density at radius 3 is 2.44 bits per heavy atom. The molecule has 1 aliphatic carbocycles. The van der Waals surface area contributed by atoms with Gasteiger partial charge >= 0.3 is 0 Å². The highest BCUT2D eigenvalue weighted by molar-refractivity contribution is 5.87. The van der Waals surface area contributed by atoms with Crippen LogP contribution in [0.4, 0.5) is 0 Å². The fourth-order valence-corrected chi connectivity index (χ4v) is 1.52. The van der Waals surface area contributed by atoms with E-state index in [4.69, 9.17) is 5.73 Å². The molecule has 2 amide bonds. The summed E-state index contributed by atoms with van der Waals surface area (Å²) in [5.41, 5.74) is 5.63. The number of nitrogens with one attached hydrogen (secondary N) is 2. The molecule has 0 bridgehead atoms. The smallest absolute Gasteiger partial charge is 0.239 e. The minimum atomic E-state index is -0.602. The summed E-state index contributed by atoms with van der Waals surface area (Å²) in [6.45, 7) is 3.83. The number of aliphatic hydroxyl groups excluding tert-OH is 1. The average molecular weight is 257 g/mol. The van der Waals surface area contributed by atoms with E-state index in [2.05, 4.69) is 10.6 Å². The van der Waals surface area contributed by atoms with Crippen molar-refractivity contribution in [3.63, 3.8) is 0 Å². The van der Waals surface area contributed by atoms with Gasteiger partial charge in [-0.1, -0.05) is 13.8 Å². The predicted octanol–water partition coefficient (Wildman–Crippen LogP) is -1.03. The van der Waals surface area contributed by atoms with Crippen molar-refractivity contribution in [2.75, 3.05) is 13.1 Å². The van der Waals surface area contributed by atoms with Crippen molar-refractivity contribution in [1.82, 2.24) is 10.6 Å². The van der Waals surface area contributed by atoms with E-state index < -0.39 is 12.1 Å². The Labute approximate surface area is 107 Å². The third kappa shape index (κ3) is 5.01. The van der Waals surface area contributed by atoms with Gasteiger partial charge in [-0.25, -0.2) is 0 Å². The minimum Gasteiger partial charge on any atom is -0.391 e. The van der Waals surface area contributed by atoms with Gasteiger partial charge in [-0.3, -0.25) is 9.59 Å². The van der Waals surface area contributed by atoms with Gasteiger partial charge in [0.25, 0.3) is 0 Å². The summed E-state index contributed by atoms with van der Waals surface area (Å²) < 4.78 is 0. The number of nitrogens with two attached hydrogens (primary N) is 1. The predicted molar refractivity (Wildman–Crippen MR) is 67.6 cm³/mol. The van der Waals surface area contributed by atoms with Crippen LogP contribution in [0.25, 0.3) is 0 Å². The van der Waals surface area contributed by atoms with E-state index in [-0.39, 0.29) is 30.8 Å². The van der Waals surface area contributed by atoms with E-state index in [9.17, 15) is 14.7 Å². The van der Waals surface area contributed by atoms with Gasteiger partial charge in [-0.15, -0.1) is 0 Å². The lowest BCUT2D eigenvalue weighted by Gasteiger charge is -2.15. The van der Waals surface area contributed by atoms with Crippen molar-refractivity contribution in [3.05, 3.63) is 0 Å². The summed E-state index contributed by atoms with van der Waals surface area (Å²) in [5.74, 6) is -0.277. The molecule has 1 aliphatic rings. The number of aliphatic hydroxyl groups is 1. The molecule has 6 heteroatoms. The number of hydrogen-bond acceptors (Lipinski definition) is 4. The molecule has 0 aliphatic heterocycles. The first kappa shape index (κ1) is 14.9. The molecule has 1 saturated carbocycles. The standard InChI is InChI=1S/C12H23N3O3/c1-7(2)11(13)12(18)15-6-10(17)14-5-9(16)8-3-4-8/h7-9,11,16H,3-6,13H2,1-2H3,(H,14,17)(H,15,18)/t9?,11-/m0/s1. The molecule has 1 rings (SSSR count). The molecule has 0 saturated heterocycles. The van der Waals surface area contributed by atoms with Crippen LogP contribution >= 0.6 is 0 Å². The fraction of sp³-hybridized carbons (Fsp3) is 0.833. The molecule has 6 nitrogen and oxygen atoms in total. The Bertz CT molecular complexity index is 303. The Kier molecular flexibility index (Phi) is 5.55. The van der Waals surface area contributed by atoms with Gasteiger partial charge in [0.05, 0.1) is 18.7 Å². The van der Waals surface area contributed by atoms with Crippen molar-refractivity contribution in [1.29, 1.82) is 0 Å². The summed E-state index contributed by atoms with van der Waals surface area (Å²) in [7, 11) is 0. The summed E-state index contributed by atoms with van der Waals surface area (Å²) in [6, 6.07) is -0.602. The highest BCUT2D eigenvalue weighted by Gasteiger charge is 2.29. The van der Waals surface area contributed by atoms with Crippen LogP contribution in [0.3, 0.4) is 0 Å². The summed E-state index contributed by atoms with van der Waals surface area (Å²) >= 11 is 0. The summed E-state index contributed by atoms with van der Waals surface area (Å²) in [5, 5.41) is 14.6. The number of hydrogen-bond donors (Lipinski definition) is 4. The maximum Gasteiger partial charge on any atom is 0.239 e. The first-order chi connectivity index (χ1) is 8.41. The van der Waals surface area contributed by atoms with Crippen molar-refractivity contribution in [2.45, 2.75) is 38.8 Å². The topological polar surface area (TPSA) is 104 Å². The van der Waals surface area contributed by atoms with Crippen molar-refractivity contribution >= 4 is 11.8 Å². The monoisotopic (exact) mass is 257 g/mol. The molecule has 0 heterocycles. The van der Waals surface area contributed by atoms with Gasteiger partial charge in [-0.05, 0) is 24.7 Å². The first-order valence-electron chi connectivity index (χ1n) is 6.40. The lowest BCUT2D eigenvalue weighted by atomic mass is 10.1. The normalized spacial score (nSPS) is 18.3. The zero-order valence-electron chi connectivity index (χ0n) is 11.0. The van der Waals surface area contributed by atoms with Crippen LogP contribution in [-0.2, 0) is 9.59 Å². The maximum absolute atomic E-state index is 11.5. The maximum atomic E-state index is 11.5. The number of carbonyl (C=O) groups excluding carboxylic acids is 2.